The summed E-state index contributed by atoms with van der Waals surface area (Å²) in [4.78, 5) is 13.7. The molecule has 1 aromatic rings. The lowest BCUT2D eigenvalue weighted by Gasteiger charge is -2.34. The molecule has 106 valence electrons. The topological polar surface area (TPSA) is 52.6 Å². The number of hydroxylamine groups is 1. The predicted octanol–water partition coefficient (Wildman–Crippen LogP) is 2.19. The van der Waals surface area contributed by atoms with Crippen LogP contribution in [0.25, 0.3) is 0 Å². The number of hydrogen-bond acceptors (Lipinski definition) is 3. The van der Waals surface area contributed by atoms with Crippen molar-refractivity contribution in [2.24, 2.45) is 0 Å². The van der Waals surface area contributed by atoms with Crippen LogP contribution in [0, 0.1) is 5.82 Å². The molecule has 2 aliphatic rings. The Morgan fingerprint density at radius 2 is 2.30 bits per heavy atom. The van der Waals surface area contributed by atoms with Crippen LogP contribution in [-0.2, 0) is 6.42 Å². The maximum absolute atomic E-state index is 14.4. The lowest BCUT2D eigenvalue weighted by molar-refractivity contribution is 0.0705. The van der Waals surface area contributed by atoms with Gasteiger partial charge in [-0.25, -0.2) is 9.87 Å². The van der Waals surface area contributed by atoms with E-state index in [4.69, 9.17) is 5.21 Å². The molecule has 1 aromatic carbocycles. The van der Waals surface area contributed by atoms with Crippen molar-refractivity contribution in [2.45, 2.75) is 31.8 Å². The van der Waals surface area contributed by atoms with Gasteiger partial charge in [0.2, 0.25) is 0 Å². The maximum atomic E-state index is 14.4. The Morgan fingerprint density at radius 3 is 3.00 bits per heavy atom. The van der Waals surface area contributed by atoms with E-state index in [-0.39, 0.29) is 23.5 Å². The van der Waals surface area contributed by atoms with Gasteiger partial charge in [0, 0.05) is 29.8 Å². The molecular weight excluding hydrogens is 259 g/mol. The van der Waals surface area contributed by atoms with E-state index in [0.717, 1.165) is 24.1 Å². The summed E-state index contributed by atoms with van der Waals surface area (Å²) in [7, 11) is 0. The molecule has 0 saturated carbocycles. The predicted molar refractivity (Wildman–Crippen MR) is 72.0 cm³/mol. The van der Waals surface area contributed by atoms with Crippen molar-refractivity contribution >= 4 is 5.91 Å². The Balaban J connectivity index is 2.06. The lowest BCUT2D eigenvalue weighted by Crippen LogP contribution is -2.36. The van der Waals surface area contributed by atoms with E-state index in [2.05, 4.69) is 18.4 Å². The van der Waals surface area contributed by atoms with Crippen molar-refractivity contribution in [3.05, 3.63) is 46.8 Å². The number of amides is 1. The molecule has 2 N–H and O–H groups in total. The van der Waals surface area contributed by atoms with Gasteiger partial charge in [-0.15, -0.1) is 0 Å². The second-order valence-electron chi connectivity index (χ2n) is 5.51. The van der Waals surface area contributed by atoms with Gasteiger partial charge in [0.05, 0.1) is 0 Å². The van der Waals surface area contributed by atoms with Gasteiger partial charge in [-0.1, -0.05) is 12.2 Å². The first-order valence-electron chi connectivity index (χ1n) is 6.73. The molecule has 1 saturated heterocycles. The summed E-state index contributed by atoms with van der Waals surface area (Å²) in [6.45, 7) is 6.99. The lowest BCUT2D eigenvalue weighted by atomic mass is 9.90. The minimum atomic E-state index is -0.682. The average Bonchev–Trinajstić information content (AvgIpc) is 2.73. The summed E-state index contributed by atoms with van der Waals surface area (Å²) in [6.07, 6.45) is 1.46. The van der Waals surface area contributed by atoms with Crippen LogP contribution < -0.4 is 5.48 Å². The van der Waals surface area contributed by atoms with E-state index >= 15 is 0 Å². The standard InChI is InChI=1S/C15H17FN2O2/c1-8-5-13-14-10(3-4-18(13)9(8)2)6-11(7-12(14)16)15(19)17-20/h6-7,9,13,20H,1,3-5H2,2H3,(H,17,19)/t9-,13-/m1/s1. The van der Waals surface area contributed by atoms with Crippen molar-refractivity contribution in [3.8, 4) is 0 Å². The zero-order chi connectivity index (χ0) is 14.4. The van der Waals surface area contributed by atoms with Crippen LogP contribution in [0.3, 0.4) is 0 Å². The third kappa shape index (κ3) is 1.85. The molecule has 0 bridgehead atoms. The fourth-order valence-electron chi connectivity index (χ4n) is 3.36. The van der Waals surface area contributed by atoms with Gasteiger partial charge in [0.15, 0.2) is 0 Å². The van der Waals surface area contributed by atoms with Crippen molar-refractivity contribution in [2.75, 3.05) is 6.54 Å². The van der Waals surface area contributed by atoms with Gasteiger partial charge in [0.25, 0.3) is 5.91 Å². The Bertz CT molecular complexity index is 600. The number of hydrogen-bond donors (Lipinski definition) is 2. The molecule has 3 rings (SSSR count). The van der Waals surface area contributed by atoms with E-state index in [1.54, 1.807) is 11.5 Å². The number of nitrogens with one attached hydrogen (secondary N) is 1. The third-order valence-corrected chi connectivity index (χ3v) is 4.50. The first-order chi connectivity index (χ1) is 9.52. The minimum absolute atomic E-state index is 0.0208. The van der Waals surface area contributed by atoms with Gasteiger partial charge in [0.1, 0.15) is 5.82 Å². The van der Waals surface area contributed by atoms with Crippen LogP contribution >= 0.6 is 0 Å². The van der Waals surface area contributed by atoms with E-state index in [9.17, 15) is 9.18 Å². The summed E-state index contributed by atoms with van der Waals surface area (Å²) in [5.74, 6) is -1.06. The van der Waals surface area contributed by atoms with Gasteiger partial charge in [-0.2, -0.15) is 0 Å². The van der Waals surface area contributed by atoms with Gasteiger partial charge >= 0.3 is 0 Å². The van der Waals surface area contributed by atoms with Crippen LogP contribution in [0.1, 0.15) is 40.9 Å². The molecule has 2 aliphatic heterocycles. The first kappa shape index (κ1) is 13.3. The molecule has 1 amide bonds. The normalized spacial score (nSPS) is 25.2. The van der Waals surface area contributed by atoms with Crippen LogP contribution in [0.5, 0.6) is 0 Å². The van der Waals surface area contributed by atoms with E-state index in [0.29, 0.717) is 12.0 Å². The number of nitrogens with zero attached hydrogens (tertiary/aromatic N) is 1. The highest BCUT2D eigenvalue weighted by atomic mass is 19.1. The fraction of sp³-hybridized carbons (Fsp3) is 0.400. The Hall–Kier alpha value is -1.72. The summed E-state index contributed by atoms with van der Waals surface area (Å²) < 4.78 is 14.4. The van der Waals surface area contributed by atoms with Gasteiger partial charge in [-0.3, -0.25) is 14.9 Å². The van der Waals surface area contributed by atoms with Crippen LogP contribution in [0.4, 0.5) is 4.39 Å². The molecule has 20 heavy (non-hydrogen) atoms. The molecule has 0 aromatic heterocycles. The van der Waals surface area contributed by atoms with Crippen LogP contribution in [0.15, 0.2) is 24.3 Å². The number of rotatable bonds is 1. The molecule has 4 nitrogen and oxygen atoms in total. The number of halogens is 1. The molecule has 0 spiro atoms. The Kier molecular flexibility index (Phi) is 3.11. The van der Waals surface area contributed by atoms with E-state index in [1.165, 1.54) is 6.07 Å². The molecule has 2 atom stereocenters. The number of fused-ring (bicyclic) bond motifs is 3. The van der Waals surface area contributed by atoms with Gasteiger partial charge < -0.3 is 0 Å². The second kappa shape index (κ2) is 4.68. The smallest absolute Gasteiger partial charge is 0.274 e. The minimum Gasteiger partial charge on any atom is -0.289 e. The first-order valence-corrected chi connectivity index (χ1v) is 6.73. The molecule has 2 heterocycles. The Labute approximate surface area is 116 Å². The maximum Gasteiger partial charge on any atom is 0.274 e. The molecule has 0 aliphatic carbocycles. The summed E-state index contributed by atoms with van der Waals surface area (Å²) in [6, 6.07) is 3.16. The summed E-state index contributed by atoms with van der Waals surface area (Å²) in [5, 5.41) is 8.66. The Morgan fingerprint density at radius 1 is 1.55 bits per heavy atom. The van der Waals surface area contributed by atoms with E-state index in [1.807, 2.05) is 0 Å². The number of benzene rings is 1. The largest absolute Gasteiger partial charge is 0.289 e. The monoisotopic (exact) mass is 276 g/mol. The highest BCUT2D eigenvalue weighted by Crippen LogP contribution is 2.44. The highest BCUT2D eigenvalue weighted by molar-refractivity contribution is 5.93. The van der Waals surface area contributed by atoms with Crippen LogP contribution in [0.2, 0.25) is 0 Å². The highest BCUT2D eigenvalue weighted by Gasteiger charge is 2.39. The SMILES string of the molecule is C=C1C[C@@H]2c3c(F)cc(C(=O)NO)cc3CCN2[C@@H]1C. The number of carbonyl (C=O) groups excluding carboxylic acids is 1. The van der Waals surface area contributed by atoms with E-state index < -0.39 is 5.91 Å². The molecule has 5 heteroatoms. The van der Waals surface area contributed by atoms with Gasteiger partial charge in [-0.05, 0) is 37.5 Å². The molecule has 1 fully saturated rings. The van der Waals surface area contributed by atoms with Crippen LogP contribution in [-0.4, -0.2) is 28.6 Å². The second-order valence-corrected chi connectivity index (χ2v) is 5.51. The van der Waals surface area contributed by atoms with Crippen molar-refractivity contribution in [1.82, 2.24) is 10.4 Å². The zero-order valence-electron chi connectivity index (χ0n) is 11.3. The summed E-state index contributed by atoms with van der Waals surface area (Å²) >= 11 is 0. The summed E-state index contributed by atoms with van der Waals surface area (Å²) in [5.41, 5.74) is 4.36. The fourth-order valence-corrected chi connectivity index (χ4v) is 3.36. The molecular formula is C15H17FN2O2. The van der Waals surface area contributed by atoms with Crippen molar-refractivity contribution < 1.29 is 14.4 Å². The molecule has 0 radical (unpaired) electrons. The van der Waals surface area contributed by atoms with Crippen molar-refractivity contribution in [3.63, 3.8) is 0 Å². The quantitative estimate of drug-likeness (QED) is 0.469. The number of carbonyl (C=O) groups is 1. The zero-order valence-corrected chi connectivity index (χ0v) is 11.3. The third-order valence-electron chi connectivity index (χ3n) is 4.50. The van der Waals surface area contributed by atoms with Crippen molar-refractivity contribution in [1.29, 1.82) is 0 Å². The average molecular weight is 276 g/mol. The molecule has 0 unspecified atom stereocenters.